The molecule has 0 aliphatic rings. The molecule has 0 aliphatic heterocycles. The summed E-state index contributed by atoms with van der Waals surface area (Å²) < 4.78 is 38.0. The topological polar surface area (TPSA) is 76.8 Å². The summed E-state index contributed by atoms with van der Waals surface area (Å²) in [7, 11) is -2.60. The summed E-state index contributed by atoms with van der Waals surface area (Å²) in [6.07, 6.45) is 0. The Hall–Kier alpha value is -2.61. The smallest absolute Gasteiger partial charge is 0.373 e. The van der Waals surface area contributed by atoms with Gasteiger partial charge in [-0.05, 0) is 42.8 Å². The molecule has 152 valence electrons. The minimum atomic E-state index is -3.85. The van der Waals surface area contributed by atoms with E-state index in [1.165, 1.54) is 17.5 Å². The Bertz CT molecular complexity index is 1110. The van der Waals surface area contributed by atoms with Crippen molar-refractivity contribution in [2.24, 2.45) is 0 Å². The van der Waals surface area contributed by atoms with E-state index >= 15 is 0 Å². The molecule has 2 aromatic carbocycles. The van der Waals surface area contributed by atoms with Crippen molar-refractivity contribution in [2.75, 3.05) is 7.11 Å². The normalized spacial score (nSPS) is 11.6. The number of hydrogen-bond acceptors (Lipinski definition) is 5. The van der Waals surface area contributed by atoms with Crippen LogP contribution in [0.25, 0.3) is 0 Å². The molecule has 0 saturated heterocycles. The first-order valence-electron chi connectivity index (χ1n) is 8.78. The largest absolute Gasteiger partial charge is 0.463 e. The highest BCUT2D eigenvalue weighted by atomic mass is 35.5. The maximum Gasteiger partial charge on any atom is 0.373 e. The summed E-state index contributed by atoms with van der Waals surface area (Å²) in [6.45, 7) is 1.86. The fraction of sp³-hybridized carbons (Fsp3) is 0.190. The molecule has 0 N–H and O–H groups in total. The van der Waals surface area contributed by atoms with Crippen molar-refractivity contribution in [1.82, 2.24) is 4.31 Å². The van der Waals surface area contributed by atoms with Gasteiger partial charge in [-0.1, -0.05) is 47.5 Å². The Labute approximate surface area is 174 Å². The predicted octanol–water partition coefficient (Wildman–Crippen LogP) is 4.42. The van der Waals surface area contributed by atoms with Gasteiger partial charge >= 0.3 is 5.97 Å². The van der Waals surface area contributed by atoms with Gasteiger partial charge in [-0.15, -0.1) is 0 Å². The zero-order valence-electron chi connectivity index (χ0n) is 16.0. The van der Waals surface area contributed by atoms with Crippen molar-refractivity contribution < 1.29 is 22.4 Å². The van der Waals surface area contributed by atoms with Gasteiger partial charge in [0.15, 0.2) is 0 Å². The second-order valence-corrected chi connectivity index (χ2v) is 8.78. The maximum absolute atomic E-state index is 13.3. The molecular weight excluding hydrogens is 414 g/mol. The van der Waals surface area contributed by atoms with Gasteiger partial charge in [0.25, 0.3) is 0 Å². The average Bonchev–Trinajstić information content (AvgIpc) is 3.17. The second-order valence-electron chi connectivity index (χ2n) is 6.44. The van der Waals surface area contributed by atoms with Gasteiger partial charge in [-0.3, -0.25) is 0 Å². The summed E-state index contributed by atoms with van der Waals surface area (Å²) in [6, 6.07) is 16.6. The molecule has 0 saturated carbocycles. The third-order valence-electron chi connectivity index (χ3n) is 4.34. The number of nitrogens with zero attached hydrogens (tertiary/aromatic N) is 1. The number of aryl methyl sites for hydroxylation is 1. The highest BCUT2D eigenvalue weighted by Crippen LogP contribution is 2.25. The third-order valence-corrected chi connectivity index (χ3v) is 6.52. The average molecular weight is 434 g/mol. The van der Waals surface area contributed by atoms with Gasteiger partial charge in [0.2, 0.25) is 15.8 Å². The predicted molar refractivity (Wildman–Crippen MR) is 109 cm³/mol. The van der Waals surface area contributed by atoms with Crippen LogP contribution in [0, 0.1) is 6.92 Å². The van der Waals surface area contributed by atoms with Gasteiger partial charge in [0, 0.05) is 11.6 Å². The SMILES string of the molecule is COC(=O)c1ccc(CN(Cc2ccccc2Cl)S(=O)(=O)c2ccc(C)cc2)o1. The molecule has 0 amide bonds. The van der Waals surface area contributed by atoms with Crippen LogP contribution in [-0.2, 0) is 27.8 Å². The van der Waals surface area contributed by atoms with Gasteiger partial charge in [-0.2, -0.15) is 4.31 Å². The second kappa shape index (κ2) is 8.82. The lowest BCUT2D eigenvalue weighted by molar-refractivity contribution is 0.0562. The van der Waals surface area contributed by atoms with E-state index in [1.54, 1.807) is 54.6 Å². The van der Waals surface area contributed by atoms with Crippen molar-refractivity contribution in [1.29, 1.82) is 0 Å². The standard InChI is InChI=1S/C21H20ClNO5S/c1-15-7-10-18(11-8-15)29(25,26)23(13-16-5-3-4-6-19(16)22)14-17-9-12-20(28-17)21(24)27-2/h3-12H,13-14H2,1-2H3. The van der Waals surface area contributed by atoms with E-state index in [9.17, 15) is 13.2 Å². The number of carbonyl (C=O) groups excluding carboxylic acids is 1. The molecule has 0 radical (unpaired) electrons. The fourth-order valence-corrected chi connectivity index (χ4v) is 4.33. The minimum absolute atomic E-state index is 0.00734. The van der Waals surface area contributed by atoms with E-state index in [0.717, 1.165) is 5.56 Å². The zero-order valence-corrected chi connectivity index (χ0v) is 17.5. The summed E-state index contributed by atoms with van der Waals surface area (Å²) in [5, 5.41) is 0.464. The van der Waals surface area contributed by atoms with Crippen LogP contribution in [0.2, 0.25) is 5.02 Å². The minimum Gasteiger partial charge on any atom is -0.463 e. The zero-order chi connectivity index (χ0) is 21.0. The van der Waals surface area contributed by atoms with Crippen LogP contribution in [0.3, 0.4) is 0 Å². The number of rotatable bonds is 7. The lowest BCUT2D eigenvalue weighted by Gasteiger charge is -2.22. The Morgan fingerprint density at radius 2 is 1.72 bits per heavy atom. The fourth-order valence-electron chi connectivity index (χ4n) is 2.75. The number of ether oxygens (including phenoxy) is 1. The van der Waals surface area contributed by atoms with Crippen molar-refractivity contribution in [3.8, 4) is 0 Å². The number of sulfonamides is 1. The van der Waals surface area contributed by atoms with Gasteiger partial charge in [0.1, 0.15) is 5.76 Å². The Kier molecular flexibility index (Phi) is 6.42. The van der Waals surface area contributed by atoms with Crippen molar-refractivity contribution in [2.45, 2.75) is 24.9 Å². The Balaban J connectivity index is 1.97. The maximum atomic E-state index is 13.3. The van der Waals surface area contributed by atoms with Gasteiger partial charge in [-0.25, -0.2) is 13.2 Å². The molecule has 1 aromatic heterocycles. The van der Waals surface area contributed by atoms with E-state index in [-0.39, 0.29) is 23.7 Å². The van der Waals surface area contributed by atoms with Crippen LogP contribution in [0.1, 0.15) is 27.4 Å². The van der Waals surface area contributed by atoms with Crippen molar-refractivity contribution >= 4 is 27.6 Å². The quantitative estimate of drug-likeness (QED) is 0.515. The number of methoxy groups -OCH3 is 1. The number of benzene rings is 2. The van der Waals surface area contributed by atoms with E-state index in [0.29, 0.717) is 16.3 Å². The summed E-state index contributed by atoms with van der Waals surface area (Å²) in [4.78, 5) is 11.8. The molecule has 29 heavy (non-hydrogen) atoms. The monoisotopic (exact) mass is 433 g/mol. The van der Waals surface area contributed by atoms with Crippen LogP contribution in [0.5, 0.6) is 0 Å². The summed E-state index contributed by atoms with van der Waals surface area (Å²) in [5.74, 6) is -0.309. The van der Waals surface area contributed by atoms with E-state index in [4.69, 9.17) is 16.0 Å². The first-order chi connectivity index (χ1) is 13.8. The number of carbonyl (C=O) groups is 1. The van der Waals surface area contributed by atoms with Gasteiger partial charge in [0.05, 0.1) is 18.6 Å². The molecule has 0 bridgehead atoms. The first-order valence-corrected chi connectivity index (χ1v) is 10.6. The number of hydrogen-bond donors (Lipinski definition) is 0. The van der Waals surface area contributed by atoms with Crippen LogP contribution in [-0.4, -0.2) is 25.8 Å². The highest BCUT2D eigenvalue weighted by molar-refractivity contribution is 7.89. The van der Waals surface area contributed by atoms with E-state index in [1.807, 2.05) is 6.92 Å². The Morgan fingerprint density at radius 3 is 2.38 bits per heavy atom. The molecular formula is C21H20ClNO5S. The number of halogens is 1. The third kappa shape index (κ3) is 4.87. The molecule has 8 heteroatoms. The van der Waals surface area contributed by atoms with Crippen LogP contribution < -0.4 is 0 Å². The van der Waals surface area contributed by atoms with Crippen LogP contribution in [0.4, 0.5) is 0 Å². The van der Waals surface area contributed by atoms with E-state index in [2.05, 4.69) is 4.74 Å². The van der Waals surface area contributed by atoms with Crippen LogP contribution in [0.15, 0.2) is 70.0 Å². The number of furan rings is 1. The highest BCUT2D eigenvalue weighted by Gasteiger charge is 2.27. The molecule has 0 aliphatic carbocycles. The molecule has 0 fully saturated rings. The van der Waals surface area contributed by atoms with Crippen LogP contribution >= 0.6 is 11.6 Å². The molecule has 3 aromatic rings. The lowest BCUT2D eigenvalue weighted by atomic mass is 10.2. The van der Waals surface area contributed by atoms with Crippen molar-refractivity contribution in [3.05, 3.63) is 88.3 Å². The van der Waals surface area contributed by atoms with Crippen molar-refractivity contribution in [3.63, 3.8) is 0 Å². The van der Waals surface area contributed by atoms with Gasteiger partial charge < -0.3 is 9.15 Å². The summed E-state index contributed by atoms with van der Waals surface area (Å²) >= 11 is 6.25. The molecule has 1 heterocycles. The first kappa shape index (κ1) is 21.1. The summed E-state index contributed by atoms with van der Waals surface area (Å²) in [5.41, 5.74) is 1.61. The molecule has 0 unspecified atom stereocenters. The number of esters is 1. The molecule has 3 rings (SSSR count). The molecule has 0 spiro atoms. The Morgan fingerprint density at radius 1 is 1.03 bits per heavy atom. The molecule has 6 nitrogen and oxygen atoms in total. The molecule has 0 atom stereocenters. The lowest BCUT2D eigenvalue weighted by Crippen LogP contribution is -2.30. The van der Waals surface area contributed by atoms with E-state index < -0.39 is 16.0 Å².